The van der Waals surface area contributed by atoms with E-state index in [0.29, 0.717) is 17.2 Å². The summed E-state index contributed by atoms with van der Waals surface area (Å²) in [6.07, 6.45) is -1.02. The largest absolute Gasteiger partial charge is 0.465 e. The summed E-state index contributed by atoms with van der Waals surface area (Å²) in [5.41, 5.74) is 2.04. The summed E-state index contributed by atoms with van der Waals surface area (Å²) in [5.74, 6) is 0.428. The number of amides is 1. The summed E-state index contributed by atoms with van der Waals surface area (Å²) in [7, 11) is 1.48. The Hall–Kier alpha value is -2.50. The highest BCUT2D eigenvalue weighted by Gasteiger charge is 2.13. The first kappa shape index (κ1) is 15.9. The lowest BCUT2D eigenvalue weighted by Crippen LogP contribution is -2.24. The van der Waals surface area contributed by atoms with Crippen molar-refractivity contribution in [3.63, 3.8) is 0 Å². The standard InChI is InChI=1S/C16H18FN3O2/c1-10(2)15-18-13(9-20(3)16(21)22)8-14(19-15)11-4-6-12(17)7-5-11/h4-8,10H,9H2,1-3H3,(H,21,22). The zero-order valence-corrected chi connectivity index (χ0v) is 12.7. The van der Waals surface area contributed by atoms with Crippen LogP contribution in [0.2, 0.25) is 0 Å². The third-order valence-corrected chi connectivity index (χ3v) is 3.18. The number of halogens is 1. The van der Waals surface area contributed by atoms with Crippen LogP contribution in [-0.4, -0.2) is 33.1 Å². The predicted molar refractivity (Wildman–Crippen MR) is 81.0 cm³/mol. The van der Waals surface area contributed by atoms with E-state index in [4.69, 9.17) is 5.11 Å². The number of benzene rings is 1. The Labute approximate surface area is 128 Å². The molecule has 0 aliphatic heterocycles. The first-order valence-corrected chi connectivity index (χ1v) is 6.94. The topological polar surface area (TPSA) is 66.3 Å². The van der Waals surface area contributed by atoms with E-state index in [9.17, 15) is 9.18 Å². The van der Waals surface area contributed by atoms with Crippen molar-refractivity contribution < 1.29 is 14.3 Å². The minimum atomic E-state index is -1.02. The van der Waals surface area contributed by atoms with Gasteiger partial charge in [-0.05, 0) is 30.3 Å². The summed E-state index contributed by atoms with van der Waals surface area (Å²) in [5, 5.41) is 8.98. The SMILES string of the molecule is CC(C)c1nc(CN(C)C(=O)O)cc(-c2ccc(F)cc2)n1. The molecule has 0 saturated heterocycles. The molecule has 0 radical (unpaired) electrons. The molecule has 0 saturated carbocycles. The van der Waals surface area contributed by atoms with Crippen LogP contribution in [0.1, 0.15) is 31.3 Å². The number of hydrogen-bond acceptors (Lipinski definition) is 3. The number of rotatable bonds is 4. The molecule has 5 nitrogen and oxygen atoms in total. The van der Waals surface area contributed by atoms with E-state index < -0.39 is 6.09 Å². The molecular weight excluding hydrogens is 285 g/mol. The third kappa shape index (κ3) is 3.78. The molecular formula is C16H18FN3O2. The van der Waals surface area contributed by atoms with Gasteiger partial charge in [0.05, 0.1) is 17.9 Å². The second kappa shape index (κ2) is 6.51. The zero-order valence-electron chi connectivity index (χ0n) is 12.7. The first-order chi connectivity index (χ1) is 10.4. The van der Waals surface area contributed by atoms with Crippen molar-refractivity contribution in [2.45, 2.75) is 26.3 Å². The van der Waals surface area contributed by atoms with Crippen LogP contribution in [0.25, 0.3) is 11.3 Å². The quantitative estimate of drug-likeness (QED) is 0.938. The van der Waals surface area contributed by atoms with Crippen LogP contribution < -0.4 is 0 Å². The molecule has 0 aliphatic carbocycles. The predicted octanol–water partition coefficient (Wildman–Crippen LogP) is 3.52. The summed E-state index contributed by atoms with van der Waals surface area (Å²) in [4.78, 5) is 21.0. The van der Waals surface area contributed by atoms with Gasteiger partial charge >= 0.3 is 6.09 Å². The number of aromatic nitrogens is 2. The first-order valence-electron chi connectivity index (χ1n) is 6.94. The van der Waals surface area contributed by atoms with Crippen molar-refractivity contribution >= 4 is 6.09 Å². The fourth-order valence-electron chi connectivity index (χ4n) is 1.94. The highest BCUT2D eigenvalue weighted by molar-refractivity contribution is 5.64. The molecule has 0 atom stereocenters. The van der Waals surface area contributed by atoms with Crippen molar-refractivity contribution in [1.82, 2.24) is 14.9 Å². The van der Waals surface area contributed by atoms with Gasteiger partial charge in [0.15, 0.2) is 0 Å². The molecule has 6 heteroatoms. The summed E-state index contributed by atoms with van der Waals surface area (Å²) in [6, 6.07) is 7.77. The average molecular weight is 303 g/mol. The smallest absolute Gasteiger partial charge is 0.407 e. The number of hydrogen-bond donors (Lipinski definition) is 1. The van der Waals surface area contributed by atoms with E-state index in [0.717, 1.165) is 10.5 Å². The molecule has 0 bridgehead atoms. The highest BCUT2D eigenvalue weighted by atomic mass is 19.1. The van der Waals surface area contributed by atoms with Crippen molar-refractivity contribution in [1.29, 1.82) is 0 Å². The van der Waals surface area contributed by atoms with Crippen LogP contribution in [-0.2, 0) is 6.54 Å². The minimum Gasteiger partial charge on any atom is -0.465 e. The molecule has 2 aromatic rings. The lowest BCUT2D eigenvalue weighted by atomic mass is 10.1. The zero-order chi connectivity index (χ0) is 16.3. The lowest BCUT2D eigenvalue weighted by molar-refractivity contribution is 0.153. The molecule has 1 amide bonds. The highest BCUT2D eigenvalue weighted by Crippen LogP contribution is 2.21. The minimum absolute atomic E-state index is 0.106. The fourth-order valence-corrected chi connectivity index (χ4v) is 1.94. The Balaban J connectivity index is 2.43. The fraction of sp³-hybridized carbons (Fsp3) is 0.312. The van der Waals surface area contributed by atoms with Gasteiger partial charge in [-0.3, -0.25) is 0 Å². The Morgan fingerprint density at radius 1 is 1.27 bits per heavy atom. The Bertz CT molecular complexity index is 672. The van der Waals surface area contributed by atoms with Crippen molar-refractivity contribution in [2.75, 3.05) is 7.05 Å². The molecule has 1 heterocycles. The maximum Gasteiger partial charge on any atom is 0.407 e. The molecule has 1 N–H and O–H groups in total. The van der Waals surface area contributed by atoms with Crippen LogP contribution in [0.15, 0.2) is 30.3 Å². The lowest BCUT2D eigenvalue weighted by Gasteiger charge is -2.15. The van der Waals surface area contributed by atoms with Crippen LogP contribution in [0.3, 0.4) is 0 Å². The molecule has 22 heavy (non-hydrogen) atoms. The van der Waals surface area contributed by atoms with Crippen molar-refractivity contribution in [3.05, 3.63) is 47.7 Å². The van der Waals surface area contributed by atoms with Gasteiger partial charge in [-0.15, -0.1) is 0 Å². The van der Waals surface area contributed by atoms with Gasteiger partial charge in [-0.2, -0.15) is 0 Å². The maximum absolute atomic E-state index is 13.0. The molecule has 116 valence electrons. The average Bonchev–Trinajstić information content (AvgIpc) is 2.47. The normalized spacial score (nSPS) is 10.8. The molecule has 0 spiro atoms. The Kier molecular flexibility index (Phi) is 4.70. The van der Waals surface area contributed by atoms with Crippen LogP contribution in [0.4, 0.5) is 9.18 Å². The van der Waals surface area contributed by atoms with E-state index >= 15 is 0 Å². The second-order valence-electron chi connectivity index (χ2n) is 5.40. The van der Waals surface area contributed by atoms with E-state index in [-0.39, 0.29) is 18.3 Å². The molecule has 1 aromatic carbocycles. The van der Waals surface area contributed by atoms with Crippen LogP contribution in [0, 0.1) is 5.82 Å². The summed E-state index contributed by atoms with van der Waals surface area (Å²) >= 11 is 0. The van der Waals surface area contributed by atoms with Gasteiger partial charge in [0.2, 0.25) is 0 Å². The molecule has 1 aromatic heterocycles. The van der Waals surface area contributed by atoms with E-state index in [1.165, 1.54) is 19.2 Å². The monoisotopic (exact) mass is 303 g/mol. The number of nitrogens with zero attached hydrogens (tertiary/aromatic N) is 3. The van der Waals surface area contributed by atoms with E-state index in [1.54, 1.807) is 18.2 Å². The van der Waals surface area contributed by atoms with Crippen LogP contribution >= 0.6 is 0 Å². The molecule has 0 unspecified atom stereocenters. The van der Waals surface area contributed by atoms with Gasteiger partial charge in [0, 0.05) is 18.5 Å². The van der Waals surface area contributed by atoms with E-state index in [1.807, 2.05) is 13.8 Å². The summed E-state index contributed by atoms with van der Waals surface area (Å²) in [6.45, 7) is 4.11. The van der Waals surface area contributed by atoms with Gasteiger partial charge in [0.1, 0.15) is 11.6 Å². The van der Waals surface area contributed by atoms with Gasteiger partial charge < -0.3 is 10.0 Å². The van der Waals surface area contributed by atoms with Crippen LogP contribution in [0.5, 0.6) is 0 Å². The third-order valence-electron chi connectivity index (χ3n) is 3.18. The van der Waals surface area contributed by atoms with Gasteiger partial charge in [-0.25, -0.2) is 19.2 Å². The molecule has 0 fully saturated rings. The molecule has 2 rings (SSSR count). The van der Waals surface area contributed by atoms with Gasteiger partial charge in [-0.1, -0.05) is 13.8 Å². The van der Waals surface area contributed by atoms with Crippen molar-refractivity contribution in [3.8, 4) is 11.3 Å². The van der Waals surface area contributed by atoms with Crippen molar-refractivity contribution in [2.24, 2.45) is 0 Å². The maximum atomic E-state index is 13.0. The Morgan fingerprint density at radius 2 is 1.91 bits per heavy atom. The molecule has 0 aliphatic rings. The second-order valence-corrected chi connectivity index (χ2v) is 5.40. The number of carboxylic acid groups (broad SMARTS) is 1. The Morgan fingerprint density at radius 3 is 2.45 bits per heavy atom. The summed E-state index contributed by atoms with van der Waals surface area (Å²) < 4.78 is 13.0. The van der Waals surface area contributed by atoms with E-state index in [2.05, 4.69) is 9.97 Å². The van der Waals surface area contributed by atoms with Gasteiger partial charge in [0.25, 0.3) is 0 Å². The number of carbonyl (C=O) groups is 1.